The van der Waals surface area contributed by atoms with E-state index in [0.29, 0.717) is 6.42 Å². The fraction of sp³-hybridized carbons (Fsp3) is 0.500. The van der Waals surface area contributed by atoms with Crippen molar-refractivity contribution in [2.24, 2.45) is 0 Å². The second kappa shape index (κ2) is 4.23. The van der Waals surface area contributed by atoms with Gasteiger partial charge in [0, 0.05) is 25.9 Å². The molecule has 1 N–H and O–H groups in total. The van der Waals surface area contributed by atoms with Gasteiger partial charge in [0.25, 0.3) is 0 Å². The van der Waals surface area contributed by atoms with Gasteiger partial charge in [-0.05, 0) is 0 Å². The number of rotatable bonds is 4. The molecule has 0 amide bonds. The summed E-state index contributed by atoms with van der Waals surface area (Å²) in [5.74, 6) is -0.778. The summed E-state index contributed by atoms with van der Waals surface area (Å²) >= 11 is 1.53. The highest BCUT2D eigenvalue weighted by Crippen LogP contribution is 2.18. The van der Waals surface area contributed by atoms with E-state index in [2.05, 4.69) is 4.98 Å². The average molecular weight is 200 g/mol. The fourth-order valence-corrected chi connectivity index (χ4v) is 1.64. The van der Waals surface area contributed by atoms with Crippen molar-refractivity contribution in [2.75, 3.05) is 19.0 Å². The van der Waals surface area contributed by atoms with E-state index in [-0.39, 0.29) is 6.42 Å². The number of hydrogen-bond acceptors (Lipinski definition) is 4. The molecule has 0 aromatic carbocycles. The maximum absolute atomic E-state index is 10.3. The van der Waals surface area contributed by atoms with E-state index in [1.54, 1.807) is 0 Å². The largest absolute Gasteiger partial charge is 0.481 e. The van der Waals surface area contributed by atoms with Crippen LogP contribution in [0.5, 0.6) is 0 Å². The number of anilines is 1. The molecule has 0 aliphatic rings. The highest BCUT2D eigenvalue weighted by atomic mass is 32.1. The first kappa shape index (κ1) is 9.98. The van der Waals surface area contributed by atoms with Gasteiger partial charge in [0.05, 0.1) is 12.1 Å². The number of aromatic nitrogens is 1. The van der Waals surface area contributed by atoms with E-state index in [9.17, 15) is 4.79 Å². The summed E-state index contributed by atoms with van der Waals surface area (Å²) in [4.78, 5) is 16.5. The normalized spacial score (nSPS) is 10.0. The molecule has 72 valence electrons. The van der Waals surface area contributed by atoms with Gasteiger partial charge >= 0.3 is 5.97 Å². The molecule has 1 aromatic heterocycles. The summed E-state index contributed by atoms with van der Waals surface area (Å²) < 4.78 is 0. The monoisotopic (exact) mass is 200 g/mol. The van der Waals surface area contributed by atoms with Gasteiger partial charge in [0.1, 0.15) is 0 Å². The van der Waals surface area contributed by atoms with E-state index in [4.69, 9.17) is 5.11 Å². The molecule has 0 aliphatic heterocycles. The third-order valence-electron chi connectivity index (χ3n) is 1.52. The molecule has 0 atom stereocenters. The average Bonchev–Trinajstić information content (AvgIpc) is 2.48. The van der Waals surface area contributed by atoms with E-state index in [1.807, 2.05) is 24.4 Å². The molecule has 0 spiro atoms. The molecule has 1 aromatic rings. The highest BCUT2D eigenvalue weighted by molar-refractivity contribution is 7.13. The number of carboxylic acid groups (broad SMARTS) is 1. The van der Waals surface area contributed by atoms with Crippen LogP contribution in [-0.2, 0) is 11.2 Å². The summed E-state index contributed by atoms with van der Waals surface area (Å²) in [5, 5.41) is 11.3. The molecule has 0 saturated carbocycles. The van der Waals surface area contributed by atoms with Crippen LogP contribution in [0.25, 0.3) is 0 Å². The third kappa shape index (κ3) is 3.02. The van der Waals surface area contributed by atoms with E-state index < -0.39 is 5.97 Å². The van der Waals surface area contributed by atoms with Gasteiger partial charge in [0.15, 0.2) is 5.13 Å². The Balaban J connectivity index is 2.54. The maximum Gasteiger partial charge on any atom is 0.303 e. The van der Waals surface area contributed by atoms with E-state index in [0.717, 1.165) is 10.8 Å². The van der Waals surface area contributed by atoms with Crippen LogP contribution in [0, 0.1) is 0 Å². The molecule has 0 aliphatic carbocycles. The lowest BCUT2D eigenvalue weighted by atomic mass is 10.2. The van der Waals surface area contributed by atoms with Crippen LogP contribution in [0.4, 0.5) is 5.13 Å². The van der Waals surface area contributed by atoms with Crippen molar-refractivity contribution >= 4 is 22.4 Å². The molecule has 0 bridgehead atoms. The van der Waals surface area contributed by atoms with Gasteiger partial charge in [-0.15, -0.1) is 11.3 Å². The van der Waals surface area contributed by atoms with Crippen LogP contribution in [0.2, 0.25) is 0 Å². The Morgan fingerprint density at radius 1 is 1.69 bits per heavy atom. The Morgan fingerprint density at radius 3 is 2.85 bits per heavy atom. The Kier molecular flexibility index (Phi) is 3.25. The smallest absolute Gasteiger partial charge is 0.303 e. The lowest BCUT2D eigenvalue weighted by molar-refractivity contribution is -0.136. The van der Waals surface area contributed by atoms with Crippen LogP contribution in [0.3, 0.4) is 0 Å². The van der Waals surface area contributed by atoms with Gasteiger partial charge in [0.2, 0.25) is 0 Å². The maximum atomic E-state index is 10.3. The van der Waals surface area contributed by atoms with E-state index >= 15 is 0 Å². The minimum atomic E-state index is -0.778. The summed E-state index contributed by atoms with van der Waals surface area (Å²) in [7, 11) is 3.83. The molecule has 13 heavy (non-hydrogen) atoms. The predicted molar refractivity (Wildman–Crippen MR) is 52.4 cm³/mol. The Labute approximate surface area is 80.8 Å². The molecule has 1 rings (SSSR count). The van der Waals surface area contributed by atoms with Crippen molar-refractivity contribution in [1.82, 2.24) is 4.98 Å². The van der Waals surface area contributed by atoms with Crippen LogP contribution in [0.15, 0.2) is 5.38 Å². The Bertz CT molecular complexity index is 296. The zero-order valence-electron chi connectivity index (χ0n) is 7.65. The number of hydrogen-bond donors (Lipinski definition) is 1. The van der Waals surface area contributed by atoms with Crippen molar-refractivity contribution in [3.05, 3.63) is 11.1 Å². The predicted octanol–water partition coefficient (Wildman–Crippen LogP) is 1.23. The first-order valence-electron chi connectivity index (χ1n) is 3.93. The first-order valence-corrected chi connectivity index (χ1v) is 4.81. The number of aryl methyl sites for hydroxylation is 1. The minimum absolute atomic E-state index is 0.149. The number of carboxylic acids is 1. The van der Waals surface area contributed by atoms with Gasteiger partial charge in [-0.3, -0.25) is 4.79 Å². The molecule has 1 heterocycles. The van der Waals surface area contributed by atoms with Gasteiger partial charge in [-0.2, -0.15) is 0 Å². The highest BCUT2D eigenvalue weighted by Gasteiger charge is 2.05. The van der Waals surface area contributed by atoms with Crippen LogP contribution in [-0.4, -0.2) is 30.2 Å². The fourth-order valence-electron chi connectivity index (χ4n) is 0.852. The number of aliphatic carboxylic acids is 1. The van der Waals surface area contributed by atoms with Crippen molar-refractivity contribution in [3.8, 4) is 0 Å². The molecule has 5 heteroatoms. The van der Waals surface area contributed by atoms with Crippen LogP contribution >= 0.6 is 11.3 Å². The minimum Gasteiger partial charge on any atom is -0.481 e. The number of nitrogens with zero attached hydrogens (tertiary/aromatic N) is 2. The second-order valence-corrected chi connectivity index (χ2v) is 3.75. The van der Waals surface area contributed by atoms with Gasteiger partial charge in [-0.25, -0.2) is 4.98 Å². The summed E-state index contributed by atoms with van der Waals surface area (Å²) in [6.07, 6.45) is 0.663. The molecule has 0 fully saturated rings. The topological polar surface area (TPSA) is 53.4 Å². The van der Waals surface area contributed by atoms with Crippen molar-refractivity contribution in [1.29, 1.82) is 0 Å². The molecule has 4 nitrogen and oxygen atoms in total. The van der Waals surface area contributed by atoms with E-state index in [1.165, 1.54) is 11.3 Å². The quantitative estimate of drug-likeness (QED) is 0.794. The summed E-state index contributed by atoms with van der Waals surface area (Å²) in [6, 6.07) is 0. The molecule has 0 saturated heterocycles. The summed E-state index contributed by atoms with van der Waals surface area (Å²) in [6.45, 7) is 0. The Morgan fingerprint density at radius 2 is 2.38 bits per heavy atom. The second-order valence-electron chi connectivity index (χ2n) is 2.91. The van der Waals surface area contributed by atoms with Gasteiger partial charge < -0.3 is 10.0 Å². The molecular weight excluding hydrogens is 188 g/mol. The molecular formula is C8H12N2O2S. The van der Waals surface area contributed by atoms with Crippen molar-refractivity contribution in [3.63, 3.8) is 0 Å². The van der Waals surface area contributed by atoms with Crippen molar-refractivity contribution in [2.45, 2.75) is 12.8 Å². The summed E-state index contributed by atoms with van der Waals surface area (Å²) in [5.41, 5.74) is 0.858. The Hall–Kier alpha value is -1.10. The van der Waals surface area contributed by atoms with Crippen LogP contribution < -0.4 is 4.90 Å². The van der Waals surface area contributed by atoms with Gasteiger partial charge in [-0.1, -0.05) is 0 Å². The zero-order chi connectivity index (χ0) is 9.84. The zero-order valence-corrected chi connectivity index (χ0v) is 8.47. The molecule has 0 unspecified atom stereocenters. The lowest BCUT2D eigenvalue weighted by Crippen LogP contribution is -2.08. The lowest BCUT2D eigenvalue weighted by Gasteiger charge is -2.05. The van der Waals surface area contributed by atoms with Crippen LogP contribution in [0.1, 0.15) is 12.1 Å². The van der Waals surface area contributed by atoms with Crippen molar-refractivity contribution < 1.29 is 9.90 Å². The SMILES string of the molecule is CN(C)c1nc(CCC(=O)O)cs1. The third-order valence-corrected chi connectivity index (χ3v) is 2.57. The standard InChI is InChI=1S/C8H12N2O2S/c1-10(2)8-9-6(5-13-8)3-4-7(11)12/h5H,3-4H2,1-2H3,(H,11,12). The molecule has 0 radical (unpaired) electrons. The number of carbonyl (C=O) groups is 1. The first-order chi connectivity index (χ1) is 6.09. The number of thiazole rings is 1.